The SMILES string of the molecule is CC(C)(C)OC(=O)N[C@@H](CSSC(C)(C)C)C(=O)NCCCC[C@@H]1[NH2+][B-]2(OC1=O)C1CCCC2CCC1.CC(C)(C)SSC[C@H](N)C(=O)NCCCC[C@H](N)C(=O)O.Cl. The van der Waals surface area contributed by atoms with Crippen LogP contribution in [-0.2, 0) is 28.6 Å². The summed E-state index contributed by atoms with van der Waals surface area (Å²) in [5, 5.41) is 19.4. The zero-order chi connectivity index (χ0) is 43.7. The molecule has 10 N–H and O–H groups in total. The number of carbonyl (C=O) groups is 5. The summed E-state index contributed by atoms with van der Waals surface area (Å²) in [6.07, 6.45) is 10.9. The first-order valence-electron chi connectivity index (χ1n) is 21.1. The van der Waals surface area contributed by atoms with E-state index in [0.717, 1.165) is 19.3 Å². The molecule has 2 bridgehead atoms. The molecule has 4 atom stereocenters. The maximum Gasteiger partial charge on any atom is 0.408 e. The minimum Gasteiger partial charge on any atom is -0.634 e. The average molecular weight is 932 g/mol. The smallest absolute Gasteiger partial charge is 0.408 e. The lowest BCUT2D eigenvalue weighted by Crippen LogP contribution is -3.03. The van der Waals surface area contributed by atoms with E-state index in [1.165, 1.54) is 38.5 Å². The Labute approximate surface area is 375 Å². The van der Waals surface area contributed by atoms with Crippen LogP contribution in [0.25, 0.3) is 0 Å². The second kappa shape index (κ2) is 26.4. The number of amides is 3. The van der Waals surface area contributed by atoms with Crippen LogP contribution < -0.4 is 32.6 Å². The lowest BCUT2D eigenvalue weighted by Gasteiger charge is -2.50. The number of rotatable bonds is 20. The van der Waals surface area contributed by atoms with Gasteiger partial charge in [0.25, 0.3) is 0 Å². The van der Waals surface area contributed by atoms with Crippen molar-refractivity contribution < 1.29 is 43.7 Å². The second-order valence-corrected chi connectivity index (χ2v) is 25.2. The monoisotopic (exact) mass is 930 g/mol. The summed E-state index contributed by atoms with van der Waals surface area (Å²) in [4.78, 5) is 60.2. The number of alkyl carbamates (subject to hydrolysis) is 1. The van der Waals surface area contributed by atoms with E-state index < -0.39 is 42.3 Å². The van der Waals surface area contributed by atoms with Gasteiger partial charge in [-0.25, -0.2) is 4.79 Å². The zero-order valence-corrected chi connectivity index (χ0v) is 41.0. The molecule has 0 aromatic heterocycles. The summed E-state index contributed by atoms with van der Waals surface area (Å²) in [7, 11) is 6.55. The number of ether oxygens (including phenoxy) is 1. The Kier molecular flexibility index (Phi) is 25.0. The van der Waals surface area contributed by atoms with Crippen LogP contribution in [0.1, 0.15) is 139 Å². The Bertz CT molecular complexity index is 1320. The third-order valence-corrected chi connectivity index (χ3v) is 16.9. The Morgan fingerprint density at radius 2 is 1.32 bits per heavy atom. The van der Waals surface area contributed by atoms with Crippen molar-refractivity contribution in [2.24, 2.45) is 11.5 Å². The minimum absolute atomic E-state index is 0. The van der Waals surface area contributed by atoms with Gasteiger partial charge in [-0.2, -0.15) is 0 Å². The van der Waals surface area contributed by atoms with Gasteiger partial charge in [-0.3, -0.25) is 19.2 Å². The van der Waals surface area contributed by atoms with Gasteiger partial charge in [0.05, 0.1) is 6.04 Å². The summed E-state index contributed by atoms with van der Waals surface area (Å²) in [6.45, 7) is 18.0. The molecule has 3 saturated heterocycles. The zero-order valence-electron chi connectivity index (χ0n) is 36.9. The molecule has 3 aliphatic rings. The highest BCUT2D eigenvalue weighted by molar-refractivity contribution is 8.77. The van der Waals surface area contributed by atoms with Crippen LogP contribution >= 0.6 is 55.6 Å². The molecule has 0 saturated carbocycles. The van der Waals surface area contributed by atoms with Gasteiger partial charge in [-0.1, -0.05) is 135 Å². The molecule has 59 heavy (non-hydrogen) atoms. The predicted molar refractivity (Wildman–Crippen MR) is 250 cm³/mol. The molecule has 3 fully saturated rings. The van der Waals surface area contributed by atoms with Crippen molar-refractivity contribution in [3.05, 3.63) is 0 Å². The van der Waals surface area contributed by atoms with Crippen molar-refractivity contribution in [1.82, 2.24) is 16.0 Å². The van der Waals surface area contributed by atoms with Gasteiger partial charge in [0.1, 0.15) is 23.7 Å². The number of halogens is 1. The summed E-state index contributed by atoms with van der Waals surface area (Å²) in [6, 6.07) is -2.13. The molecular formula is C39H76BClN6O8S4. The van der Waals surface area contributed by atoms with E-state index >= 15 is 0 Å². The third kappa shape index (κ3) is 22.1. The van der Waals surface area contributed by atoms with E-state index in [0.29, 0.717) is 55.5 Å². The highest BCUT2D eigenvalue weighted by Gasteiger charge is 2.59. The number of hydrogen-bond acceptors (Lipinski definition) is 13. The molecule has 20 heteroatoms. The van der Waals surface area contributed by atoms with Gasteiger partial charge in [0, 0.05) is 40.5 Å². The fraction of sp³-hybridized carbons (Fsp3) is 0.872. The quantitative estimate of drug-likeness (QED) is 0.0422. The van der Waals surface area contributed by atoms with Crippen molar-refractivity contribution in [3.63, 3.8) is 0 Å². The lowest BCUT2D eigenvalue weighted by molar-refractivity contribution is -0.560. The van der Waals surface area contributed by atoms with Gasteiger partial charge in [-0.15, -0.1) is 12.4 Å². The maximum absolute atomic E-state index is 12.9. The molecule has 3 heterocycles. The molecule has 0 radical (unpaired) electrons. The Balaban J connectivity index is 0.000000678. The van der Waals surface area contributed by atoms with Crippen LogP contribution in [0, 0.1) is 0 Å². The van der Waals surface area contributed by atoms with Crippen molar-refractivity contribution in [3.8, 4) is 0 Å². The average Bonchev–Trinajstić information content (AvgIpc) is 3.39. The molecule has 0 unspecified atom stereocenters. The molecule has 3 aliphatic heterocycles. The summed E-state index contributed by atoms with van der Waals surface area (Å²) >= 11 is 0. The first-order chi connectivity index (χ1) is 26.9. The Morgan fingerprint density at radius 3 is 1.83 bits per heavy atom. The largest absolute Gasteiger partial charge is 0.634 e. The van der Waals surface area contributed by atoms with Gasteiger partial charge < -0.3 is 47.1 Å². The van der Waals surface area contributed by atoms with Crippen molar-refractivity contribution in [1.29, 1.82) is 0 Å². The molecule has 1 spiro atoms. The van der Waals surface area contributed by atoms with Crippen molar-refractivity contribution >= 4 is 91.9 Å². The molecule has 0 aromatic carbocycles. The summed E-state index contributed by atoms with van der Waals surface area (Å²) < 4.78 is 11.7. The first-order valence-corrected chi connectivity index (χ1v) is 25.7. The number of carbonyl (C=O) groups excluding carboxylic acids is 4. The first kappa shape index (κ1) is 55.8. The molecule has 14 nitrogen and oxygen atoms in total. The van der Waals surface area contributed by atoms with Gasteiger partial charge in [0.15, 0.2) is 0 Å². The fourth-order valence-electron chi connectivity index (χ4n) is 7.54. The predicted octanol–water partition coefficient (Wildman–Crippen LogP) is 6.00. The van der Waals surface area contributed by atoms with Gasteiger partial charge >= 0.3 is 24.5 Å². The van der Waals surface area contributed by atoms with E-state index in [-0.39, 0.29) is 45.7 Å². The summed E-state index contributed by atoms with van der Waals surface area (Å²) in [5.74, 6) is 0.734. The highest BCUT2D eigenvalue weighted by Crippen LogP contribution is 2.51. The normalized spacial score (nSPS) is 23.0. The molecule has 0 aliphatic carbocycles. The number of carboxylic acid groups (broad SMARTS) is 1. The van der Waals surface area contributed by atoms with Crippen molar-refractivity contribution in [2.75, 3.05) is 24.6 Å². The maximum atomic E-state index is 12.9. The number of nitrogens with one attached hydrogen (secondary N) is 3. The molecule has 3 amide bonds. The van der Waals surface area contributed by atoms with Crippen LogP contribution in [0.15, 0.2) is 0 Å². The molecular weight excluding hydrogens is 855 g/mol. The Hall–Kier alpha value is -1.22. The summed E-state index contributed by atoms with van der Waals surface area (Å²) in [5.41, 5.74) is 10.6. The number of hydrogen-bond donors (Lipinski definition) is 7. The second-order valence-electron chi connectivity index (χ2n) is 18.9. The third-order valence-electron chi connectivity index (χ3n) is 10.2. The van der Waals surface area contributed by atoms with E-state index in [9.17, 15) is 24.0 Å². The Morgan fingerprint density at radius 1 is 0.814 bits per heavy atom. The number of nitrogens with two attached hydrogens (primary N) is 3. The van der Waals surface area contributed by atoms with Crippen LogP contribution in [0.3, 0.4) is 0 Å². The van der Waals surface area contributed by atoms with Crippen LogP contribution in [-0.4, -0.2) is 105 Å². The van der Waals surface area contributed by atoms with E-state index in [1.54, 1.807) is 63.9 Å². The standard InChI is InChI=1S/C26H48BN3O5S2.C13H27N3O3S2.ClH/c1-25(2,3)34-24(33)29-21(17-36-37-26(4,5)6)22(31)28-16-8-7-15-20-23(32)35-27(30-20)18-11-9-12-19(27)14-10-13-18;1-13(2,3)21-20-8-10(15)11(17)16-7-5-4-6-9(14)12(18)19;/h18-21H,7-17,30H2,1-6H3,(H,28,31)(H,29,33);9-10H,4-8,14-15H2,1-3H3,(H,16,17)(H,18,19);1H/t18?,19?,20-,21-,27?;9-,10-;/m00./s1. The number of quaternary nitrogens is 1. The van der Waals surface area contributed by atoms with Gasteiger partial charge in [-0.05, 0) is 52.9 Å². The van der Waals surface area contributed by atoms with Crippen LogP contribution in [0.2, 0.25) is 11.6 Å². The minimum atomic E-state index is -1.09. The van der Waals surface area contributed by atoms with Gasteiger partial charge in [0.2, 0.25) is 11.8 Å². The number of aliphatic carboxylic acids is 1. The molecule has 3 rings (SSSR count). The van der Waals surface area contributed by atoms with Crippen molar-refractivity contribution in [2.45, 2.75) is 190 Å². The topological polar surface area (TPSA) is 229 Å². The van der Waals surface area contributed by atoms with Crippen LogP contribution in [0.4, 0.5) is 4.79 Å². The van der Waals surface area contributed by atoms with E-state index in [4.69, 9.17) is 26.0 Å². The highest BCUT2D eigenvalue weighted by atomic mass is 35.5. The molecule has 344 valence electrons. The number of unbranched alkanes of at least 4 members (excludes halogenated alkanes) is 2. The molecule has 0 aromatic rings. The lowest BCUT2D eigenvalue weighted by atomic mass is 9.28. The fourth-order valence-corrected chi connectivity index (χ4v) is 12.4. The van der Waals surface area contributed by atoms with Crippen LogP contribution in [0.5, 0.6) is 0 Å². The van der Waals surface area contributed by atoms with E-state index in [1.807, 2.05) is 0 Å². The number of carboxylic acids is 1. The van der Waals surface area contributed by atoms with E-state index in [2.05, 4.69) is 62.7 Å².